The molecule has 0 spiro atoms. The second kappa shape index (κ2) is 19.9. The highest BCUT2D eigenvalue weighted by atomic mass is 16.5. The molecule has 0 N–H and O–H groups in total. The van der Waals surface area contributed by atoms with E-state index in [1.54, 1.807) is 0 Å². The van der Waals surface area contributed by atoms with Crippen LogP contribution in [0.1, 0.15) is 84.5 Å². The van der Waals surface area contributed by atoms with Crippen LogP contribution in [0.5, 0.6) is 17.2 Å². The lowest BCUT2D eigenvalue weighted by Gasteiger charge is -2.41. The van der Waals surface area contributed by atoms with Gasteiger partial charge in [-0.15, -0.1) is 0 Å². The zero-order chi connectivity index (χ0) is 45.2. The molecular weight excluding hydrogens is 799 g/mol. The van der Waals surface area contributed by atoms with Crippen LogP contribution in [0.25, 0.3) is 0 Å². The molecule has 1 aliphatic carbocycles. The number of carbonyl (C=O) groups excluding carboxylic acids is 3. The summed E-state index contributed by atoms with van der Waals surface area (Å²) in [5.41, 5.74) is 7.69. The number of hydrogen-bond acceptors (Lipinski definition) is 12. The molecule has 3 aliphatic heterocycles. The van der Waals surface area contributed by atoms with Gasteiger partial charge in [0.15, 0.2) is 0 Å². The fourth-order valence-electron chi connectivity index (χ4n) is 9.75. The molecule has 3 aromatic carbocycles. The summed E-state index contributed by atoms with van der Waals surface area (Å²) in [6, 6.07) is 14.4. The van der Waals surface area contributed by atoms with E-state index in [0.29, 0.717) is 81.6 Å². The number of ether oxygens (including phenoxy) is 6. The highest BCUT2D eigenvalue weighted by Crippen LogP contribution is 2.53. The third-order valence-electron chi connectivity index (χ3n) is 13.6. The summed E-state index contributed by atoms with van der Waals surface area (Å²) in [4.78, 5) is 46.2. The summed E-state index contributed by atoms with van der Waals surface area (Å²) in [5.74, 6) is 1.86. The highest BCUT2D eigenvalue weighted by Gasteiger charge is 2.47. The van der Waals surface area contributed by atoms with Crippen LogP contribution < -0.4 is 14.2 Å². The van der Waals surface area contributed by atoms with Crippen molar-refractivity contribution in [1.29, 1.82) is 0 Å². The first-order valence-electron chi connectivity index (χ1n) is 22.9. The van der Waals surface area contributed by atoms with E-state index < -0.39 is 0 Å². The van der Waals surface area contributed by atoms with Crippen LogP contribution in [0, 0.1) is 53.4 Å². The van der Waals surface area contributed by atoms with Crippen LogP contribution >= 0.6 is 0 Å². The summed E-state index contributed by atoms with van der Waals surface area (Å²) in [6.45, 7) is 25.8. The summed E-state index contributed by atoms with van der Waals surface area (Å²) in [7, 11) is 0. The molecule has 12 nitrogen and oxygen atoms in total. The second-order valence-corrected chi connectivity index (χ2v) is 19.4. The molecule has 3 saturated heterocycles. The number of morpholine rings is 3. The minimum absolute atomic E-state index is 0.0113. The van der Waals surface area contributed by atoms with E-state index in [1.165, 1.54) is 5.56 Å². The molecule has 12 heteroatoms. The van der Waals surface area contributed by atoms with Gasteiger partial charge in [0.05, 0.1) is 57.3 Å². The van der Waals surface area contributed by atoms with Crippen molar-refractivity contribution in [2.75, 3.05) is 72.2 Å². The normalized spacial score (nSPS) is 24.7. The Morgan fingerprint density at radius 2 is 1.30 bits per heavy atom. The van der Waals surface area contributed by atoms with Crippen LogP contribution in [-0.2, 0) is 35.0 Å². The van der Waals surface area contributed by atoms with Gasteiger partial charge in [-0.2, -0.15) is 0 Å². The Morgan fingerprint density at radius 3 is 1.98 bits per heavy atom. The maximum absolute atomic E-state index is 13.6. The number of carbonyl (C=O) groups is 3. The number of hydrogen-bond donors (Lipinski definition) is 0. The summed E-state index contributed by atoms with van der Waals surface area (Å²) in [6.07, 6.45) is 1.66. The zero-order valence-corrected chi connectivity index (χ0v) is 39.2. The van der Waals surface area contributed by atoms with Crippen LogP contribution in [0.2, 0.25) is 0 Å². The van der Waals surface area contributed by atoms with Crippen molar-refractivity contribution in [3.63, 3.8) is 0 Å². The first-order chi connectivity index (χ1) is 30.0. The van der Waals surface area contributed by atoms with E-state index in [-0.39, 0.29) is 67.3 Å². The average molecular weight is 868 g/mol. The molecule has 3 heterocycles. The van der Waals surface area contributed by atoms with Gasteiger partial charge in [-0.1, -0.05) is 49.4 Å². The molecule has 4 fully saturated rings. The molecule has 0 radical (unpaired) electrons. The predicted octanol–water partition coefficient (Wildman–Crippen LogP) is 6.84. The number of nitrogens with zero attached hydrogens (tertiary/aromatic N) is 3. The Balaban J connectivity index is 0.903. The lowest BCUT2D eigenvalue weighted by atomic mass is 9.91. The molecule has 342 valence electrons. The monoisotopic (exact) mass is 868 g/mol. The second-order valence-electron chi connectivity index (χ2n) is 19.4. The zero-order valence-electron chi connectivity index (χ0n) is 39.2. The molecule has 4 aliphatic rings. The number of esters is 3. The van der Waals surface area contributed by atoms with Gasteiger partial charge in [-0.25, -0.2) is 0 Å². The van der Waals surface area contributed by atoms with E-state index in [9.17, 15) is 14.4 Å². The van der Waals surface area contributed by atoms with E-state index in [0.717, 1.165) is 51.8 Å². The van der Waals surface area contributed by atoms with Gasteiger partial charge in [-0.05, 0) is 137 Å². The van der Waals surface area contributed by atoms with Gasteiger partial charge in [0.1, 0.15) is 17.2 Å². The Hall–Kier alpha value is -4.17. The van der Waals surface area contributed by atoms with Crippen LogP contribution in [0.3, 0.4) is 0 Å². The lowest BCUT2D eigenvalue weighted by molar-refractivity contribution is -0.145. The topological polar surface area (TPSA) is 116 Å². The first-order valence-corrected chi connectivity index (χ1v) is 22.9. The molecule has 1 saturated carbocycles. The number of aryl methyl sites for hydroxylation is 4. The molecule has 6 atom stereocenters. The van der Waals surface area contributed by atoms with Crippen molar-refractivity contribution < 1.29 is 42.8 Å². The van der Waals surface area contributed by atoms with Crippen molar-refractivity contribution in [1.82, 2.24) is 14.7 Å². The van der Waals surface area contributed by atoms with Gasteiger partial charge in [0, 0.05) is 38.8 Å². The number of benzene rings is 3. The lowest BCUT2D eigenvalue weighted by Crippen LogP contribution is -2.54. The smallest absolute Gasteiger partial charge is 0.325 e. The van der Waals surface area contributed by atoms with Gasteiger partial charge in [0.25, 0.3) is 0 Å². The molecule has 0 aromatic heterocycles. The number of para-hydroxylation sites is 1. The van der Waals surface area contributed by atoms with Crippen molar-refractivity contribution in [3.8, 4) is 17.2 Å². The van der Waals surface area contributed by atoms with E-state index >= 15 is 0 Å². The van der Waals surface area contributed by atoms with Crippen molar-refractivity contribution >= 4 is 17.9 Å². The molecule has 3 aromatic rings. The predicted molar refractivity (Wildman–Crippen MR) is 242 cm³/mol. The SMILES string of the molecule is Cc1cccc(C)c1OC(=O)CN1CCOC(C2CC2c2ccc(C)c(OC(=O)CN3CCOC(C(C)Cc4ccc(C)c(OC(=O)CN5CC(C)(C)OCC5C)c4C)C3)c2C)C1. The number of rotatable bonds is 14. The van der Waals surface area contributed by atoms with Gasteiger partial charge < -0.3 is 28.4 Å². The van der Waals surface area contributed by atoms with Gasteiger partial charge in [-0.3, -0.25) is 29.1 Å². The van der Waals surface area contributed by atoms with Crippen LogP contribution in [-0.4, -0.2) is 129 Å². The molecule has 0 bridgehead atoms. The summed E-state index contributed by atoms with van der Waals surface area (Å²) < 4.78 is 36.5. The molecule has 7 rings (SSSR count). The molecule has 63 heavy (non-hydrogen) atoms. The van der Waals surface area contributed by atoms with E-state index in [2.05, 4.69) is 53.7 Å². The maximum Gasteiger partial charge on any atom is 0.325 e. The Kier molecular flexibility index (Phi) is 14.8. The van der Waals surface area contributed by atoms with Crippen molar-refractivity contribution in [3.05, 3.63) is 87.0 Å². The summed E-state index contributed by atoms with van der Waals surface area (Å²) >= 11 is 0. The fraction of sp³-hybridized carbons (Fsp3) is 0.588. The molecule has 0 amide bonds. The van der Waals surface area contributed by atoms with Gasteiger partial charge >= 0.3 is 17.9 Å². The van der Waals surface area contributed by atoms with E-state index in [1.807, 2.05) is 72.7 Å². The standard InChI is InChI=1S/C51H69N3O9/c1-31-12-11-13-32(2)48(31)61-45(55)26-53-19-21-59-44(25-53)42-23-41(42)40-17-15-34(4)50(38(40)8)62-46(56)27-52-18-20-58-43(24-52)35(5)22-39-16-14-33(3)49(37(39)7)63-47(57)28-54-30-51(9,10)60-29-36(54)6/h11-17,35-36,41-44H,18-30H2,1-10H3. The average Bonchev–Trinajstić information content (AvgIpc) is 4.03. The van der Waals surface area contributed by atoms with Crippen LogP contribution in [0.15, 0.2) is 42.5 Å². The van der Waals surface area contributed by atoms with Gasteiger partial charge in [0.2, 0.25) is 0 Å². The van der Waals surface area contributed by atoms with Crippen molar-refractivity contribution in [2.24, 2.45) is 11.8 Å². The van der Waals surface area contributed by atoms with Crippen molar-refractivity contribution in [2.45, 2.75) is 112 Å². The van der Waals surface area contributed by atoms with E-state index in [4.69, 9.17) is 28.4 Å². The Morgan fingerprint density at radius 1 is 0.730 bits per heavy atom. The minimum atomic E-state index is -0.309. The third-order valence-corrected chi connectivity index (χ3v) is 13.6. The summed E-state index contributed by atoms with van der Waals surface area (Å²) in [5, 5.41) is 0. The Bertz CT molecular complexity index is 2130. The fourth-order valence-corrected chi connectivity index (χ4v) is 9.75. The Labute approximate surface area is 374 Å². The molecule has 6 unspecified atom stereocenters. The largest absolute Gasteiger partial charge is 0.425 e. The maximum atomic E-state index is 13.6. The first kappa shape index (κ1) is 46.8. The highest BCUT2D eigenvalue weighted by molar-refractivity contribution is 5.77. The third kappa shape index (κ3) is 11.6. The van der Waals surface area contributed by atoms with Crippen LogP contribution in [0.4, 0.5) is 0 Å². The molecular formula is C51H69N3O9. The minimum Gasteiger partial charge on any atom is -0.425 e. The quantitative estimate of drug-likeness (QED) is 0.125.